The highest BCUT2D eigenvalue weighted by Gasteiger charge is 2.45. The van der Waals surface area contributed by atoms with Gasteiger partial charge in [0.1, 0.15) is 6.54 Å². The number of nitrogens with zero attached hydrogens (tertiary/aromatic N) is 4. The van der Waals surface area contributed by atoms with Gasteiger partial charge in [0.25, 0.3) is 0 Å². The largest absolute Gasteiger partial charge is 0.416 e. The molecule has 1 aliphatic carbocycles. The summed E-state index contributed by atoms with van der Waals surface area (Å²) in [7, 11) is 1.60. The number of carbonyl (C=O) groups excluding carboxylic acids is 3. The molecule has 42 heavy (non-hydrogen) atoms. The minimum Gasteiger partial charge on any atom is -0.340 e. The van der Waals surface area contributed by atoms with E-state index in [1.54, 1.807) is 31.3 Å². The standard InChI is InChI=1S/C32H27F3N4O3/c1-37(19-22-7-3-2-4-8-22)28(41)20-38-30(23-15-13-21(18-36)14-16-23)29-26(11-6-12-27(29)40)39(31(38)42)25-10-5-9-24(17-25)32(33,34)35/h2-5,7-10,13-17,30H,6,11-12,19-20H2,1H3. The maximum Gasteiger partial charge on any atom is 0.416 e. The molecule has 0 N–H and O–H groups in total. The first-order chi connectivity index (χ1) is 20.1. The Balaban J connectivity index is 1.62. The van der Waals surface area contributed by atoms with Gasteiger partial charge in [-0.1, -0.05) is 48.5 Å². The fourth-order valence-corrected chi connectivity index (χ4v) is 5.44. The zero-order valence-electron chi connectivity index (χ0n) is 22.8. The lowest BCUT2D eigenvalue weighted by atomic mass is 9.83. The summed E-state index contributed by atoms with van der Waals surface area (Å²) >= 11 is 0. The summed E-state index contributed by atoms with van der Waals surface area (Å²) in [6, 6.07) is 20.4. The van der Waals surface area contributed by atoms with Crippen LogP contribution in [-0.4, -0.2) is 41.1 Å². The van der Waals surface area contributed by atoms with Gasteiger partial charge in [0.05, 0.1) is 28.9 Å². The first-order valence-corrected chi connectivity index (χ1v) is 13.4. The Morgan fingerprint density at radius 1 is 1.00 bits per heavy atom. The van der Waals surface area contributed by atoms with Crippen LogP contribution in [0.1, 0.15) is 47.6 Å². The Kier molecular flexibility index (Phi) is 7.85. The number of rotatable bonds is 6. The van der Waals surface area contributed by atoms with Gasteiger partial charge in [0, 0.05) is 31.3 Å². The quantitative estimate of drug-likeness (QED) is 0.351. The molecule has 0 fully saturated rings. The van der Waals surface area contributed by atoms with E-state index >= 15 is 0 Å². The van der Waals surface area contributed by atoms with Crippen molar-refractivity contribution in [3.63, 3.8) is 0 Å². The zero-order valence-corrected chi connectivity index (χ0v) is 22.8. The second-order valence-corrected chi connectivity index (χ2v) is 10.3. The molecule has 1 unspecified atom stereocenters. The summed E-state index contributed by atoms with van der Waals surface area (Å²) in [5.74, 6) is -0.660. The number of ketones is 1. The van der Waals surface area contributed by atoms with Crippen LogP contribution < -0.4 is 4.90 Å². The topological polar surface area (TPSA) is 84.7 Å². The molecule has 0 bridgehead atoms. The van der Waals surface area contributed by atoms with Crippen LogP contribution in [-0.2, 0) is 22.3 Å². The number of hydrogen-bond acceptors (Lipinski definition) is 4. The lowest BCUT2D eigenvalue weighted by Crippen LogP contribution is -2.54. The number of hydrogen-bond donors (Lipinski definition) is 0. The fourth-order valence-electron chi connectivity index (χ4n) is 5.44. The lowest BCUT2D eigenvalue weighted by molar-refractivity contribution is -0.137. The second kappa shape index (κ2) is 11.5. The number of urea groups is 1. The predicted octanol–water partition coefficient (Wildman–Crippen LogP) is 6.23. The van der Waals surface area contributed by atoms with Crippen LogP contribution in [0.15, 0.2) is 90.1 Å². The molecule has 0 radical (unpaired) electrons. The van der Waals surface area contributed by atoms with Gasteiger partial charge in [0.15, 0.2) is 5.78 Å². The number of benzene rings is 3. The molecule has 1 heterocycles. The van der Waals surface area contributed by atoms with Gasteiger partial charge in [-0.3, -0.25) is 14.5 Å². The van der Waals surface area contributed by atoms with Gasteiger partial charge in [-0.15, -0.1) is 0 Å². The number of allylic oxidation sites excluding steroid dienone is 1. The van der Waals surface area contributed by atoms with Gasteiger partial charge in [-0.2, -0.15) is 18.4 Å². The number of alkyl halides is 3. The highest BCUT2D eigenvalue weighted by atomic mass is 19.4. The number of anilines is 1. The van der Waals surface area contributed by atoms with Crippen molar-refractivity contribution in [2.75, 3.05) is 18.5 Å². The molecule has 2 aliphatic rings. The molecule has 3 aromatic carbocycles. The van der Waals surface area contributed by atoms with Crippen molar-refractivity contribution in [3.05, 3.63) is 112 Å². The van der Waals surface area contributed by atoms with Gasteiger partial charge in [-0.05, 0) is 54.3 Å². The van der Waals surface area contributed by atoms with E-state index in [9.17, 15) is 32.8 Å². The van der Waals surface area contributed by atoms with Crippen LogP contribution in [0.4, 0.5) is 23.7 Å². The second-order valence-electron chi connectivity index (χ2n) is 10.3. The third-order valence-electron chi connectivity index (χ3n) is 7.50. The van der Waals surface area contributed by atoms with Crippen LogP contribution in [0.5, 0.6) is 0 Å². The minimum absolute atomic E-state index is 0.0367. The van der Waals surface area contributed by atoms with Crippen LogP contribution in [0.3, 0.4) is 0 Å². The zero-order chi connectivity index (χ0) is 30.0. The summed E-state index contributed by atoms with van der Waals surface area (Å²) in [5, 5.41) is 9.29. The Bertz CT molecular complexity index is 1590. The van der Waals surface area contributed by atoms with Crippen molar-refractivity contribution >= 4 is 23.4 Å². The lowest BCUT2D eigenvalue weighted by Gasteiger charge is -2.45. The molecule has 0 spiro atoms. The summed E-state index contributed by atoms with van der Waals surface area (Å²) in [6.07, 6.45) is -3.72. The van der Waals surface area contributed by atoms with Gasteiger partial charge < -0.3 is 9.80 Å². The third-order valence-corrected chi connectivity index (χ3v) is 7.50. The number of likely N-dealkylation sites (N-methyl/N-ethyl adjacent to an activating group) is 1. The normalized spacial score (nSPS) is 17.2. The maximum atomic E-state index is 14.3. The van der Waals surface area contributed by atoms with E-state index in [4.69, 9.17) is 0 Å². The van der Waals surface area contributed by atoms with Gasteiger partial charge >= 0.3 is 12.2 Å². The molecule has 1 aliphatic heterocycles. The van der Waals surface area contributed by atoms with Crippen molar-refractivity contribution in [1.29, 1.82) is 5.26 Å². The van der Waals surface area contributed by atoms with E-state index in [0.29, 0.717) is 29.7 Å². The molecule has 3 amide bonds. The SMILES string of the molecule is CN(Cc1ccccc1)C(=O)CN1C(=O)N(c2cccc(C(F)(F)F)c2)C2=C(C(=O)CCC2)C1c1ccc(C#N)cc1. The average Bonchev–Trinajstić information content (AvgIpc) is 2.98. The molecule has 5 rings (SSSR count). The van der Waals surface area contributed by atoms with Crippen molar-refractivity contribution in [2.45, 2.75) is 38.0 Å². The molecule has 3 aromatic rings. The highest BCUT2D eigenvalue weighted by molar-refractivity contribution is 6.07. The van der Waals surface area contributed by atoms with Crippen molar-refractivity contribution in [2.24, 2.45) is 0 Å². The molecular formula is C32H27F3N4O3. The number of nitriles is 1. The molecule has 7 nitrogen and oxygen atoms in total. The first kappa shape index (κ1) is 28.6. The van der Waals surface area contributed by atoms with Gasteiger partial charge in [0.2, 0.25) is 5.91 Å². The maximum absolute atomic E-state index is 14.3. The van der Waals surface area contributed by atoms with Crippen LogP contribution >= 0.6 is 0 Å². The van der Waals surface area contributed by atoms with Crippen LogP contribution in [0.2, 0.25) is 0 Å². The summed E-state index contributed by atoms with van der Waals surface area (Å²) in [4.78, 5) is 45.2. The van der Waals surface area contributed by atoms with Crippen LogP contribution in [0.25, 0.3) is 0 Å². The van der Waals surface area contributed by atoms with Crippen molar-refractivity contribution in [3.8, 4) is 6.07 Å². The van der Waals surface area contributed by atoms with Crippen molar-refractivity contribution < 1.29 is 27.6 Å². The van der Waals surface area contributed by atoms with Crippen molar-refractivity contribution in [1.82, 2.24) is 9.80 Å². The van der Waals surface area contributed by atoms with E-state index in [2.05, 4.69) is 0 Å². The summed E-state index contributed by atoms with van der Waals surface area (Å²) < 4.78 is 40.9. The molecule has 0 saturated carbocycles. The monoisotopic (exact) mass is 572 g/mol. The number of Topliss-reactive ketones (excluding diaryl/α,β-unsaturated/α-hetero) is 1. The molecule has 214 valence electrons. The van der Waals surface area contributed by atoms with E-state index in [-0.39, 0.29) is 30.0 Å². The third kappa shape index (κ3) is 5.63. The fraction of sp³-hybridized carbons (Fsp3) is 0.250. The van der Waals surface area contributed by atoms with E-state index in [0.717, 1.165) is 22.6 Å². The first-order valence-electron chi connectivity index (χ1n) is 13.4. The van der Waals surface area contributed by atoms with Crippen LogP contribution in [0, 0.1) is 11.3 Å². The predicted molar refractivity (Wildman–Crippen MR) is 149 cm³/mol. The molecule has 0 saturated heterocycles. The van der Waals surface area contributed by atoms with E-state index in [1.165, 1.54) is 21.9 Å². The average molecular weight is 573 g/mol. The number of carbonyl (C=O) groups is 3. The number of halogens is 3. The molecule has 1 atom stereocenters. The summed E-state index contributed by atoms with van der Waals surface area (Å²) in [6.45, 7) is -0.153. The molecule has 10 heteroatoms. The Labute approximate surface area is 241 Å². The van der Waals surface area contributed by atoms with Gasteiger partial charge in [-0.25, -0.2) is 4.79 Å². The smallest absolute Gasteiger partial charge is 0.340 e. The Morgan fingerprint density at radius 3 is 2.38 bits per heavy atom. The molecular weight excluding hydrogens is 545 g/mol. The Hall–Kier alpha value is -4.91. The minimum atomic E-state index is -4.64. The van der Waals surface area contributed by atoms with E-state index in [1.807, 2.05) is 36.4 Å². The molecule has 0 aromatic heterocycles. The van der Waals surface area contributed by atoms with E-state index < -0.39 is 36.3 Å². The highest BCUT2D eigenvalue weighted by Crippen LogP contribution is 2.44. The Morgan fingerprint density at radius 2 is 1.71 bits per heavy atom. The number of amides is 3. The summed E-state index contributed by atoms with van der Waals surface area (Å²) in [5.41, 5.74) is 1.39.